The van der Waals surface area contributed by atoms with Crippen LogP contribution in [-0.2, 0) is 4.74 Å². The molecule has 1 saturated heterocycles. The zero-order valence-electron chi connectivity index (χ0n) is 18.9. The maximum atomic E-state index is 14.1. The maximum Gasteiger partial charge on any atom is 0.410 e. The Labute approximate surface area is 186 Å². The summed E-state index contributed by atoms with van der Waals surface area (Å²) in [6, 6.07) is 12.7. The molecule has 0 bridgehead atoms. The first kappa shape index (κ1) is 21.9. The highest BCUT2D eigenvalue weighted by atomic mass is 19.1. The van der Waals surface area contributed by atoms with Gasteiger partial charge in [-0.05, 0) is 69.7 Å². The molecule has 0 unspecified atom stereocenters. The number of carbonyl (C=O) groups is 1. The van der Waals surface area contributed by atoms with E-state index in [-0.39, 0.29) is 17.9 Å². The number of benzene rings is 2. The van der Waals surface area contributed by atoms with Crippen molar-refractivity contribution in [2.75, 3.05) is 20.2 Å². The molecule has 3 aromatic rings. The molecule has 6 nitrogen and oxygen atoms in total. The van der Waals surface area contributed by atoms with Gasteiger partial charge in [0, 0.05) is 17.0 Å². The number of likely N-dealkylation sites (tertiary alicyclic amines) is 1. The number of aryl methyl sites for hydroxylation is 1. The number of halogens is 1. The van der Waals surface area contributed by atoms with Crippen LogP contribution < -0.4 is 9.47 Å². The molecular weight excluding hydrogens is 411 g/mol. The molecule has 1 amide bonds. The molecule has 4 rings (SSSR count). The third-order valence-corrected chi connectivity index (χ3v) is 5.24. The van der Waals surface area contributed by atoms with Gasteiger partial charge in [0.25, 0.3) is 0 Å². The van der Waals surface area contributed by atoms with Gasteiger partial charge in [0.1, 0.15) is 17.5 Å². The lowest BCUT2D eigenvalue weighted by molar-refractivity contribution is -0.0221. The summed E-state index contributed by atoms with van der Waals surface area (Å²) in [5, 5.41) is 0.756. The minimum absolute atomic E-state index is 0.0585. The summed E-state index contributed by atoms with van der Waals surface area (Å²) in [7, 11) is 1.44. The Morgan fingerprint density at radius 1 is 1.12 bits per heavy atom. The number of nitrogens with zero attached hydrogens (tertiary/aromatic N) is 2. The van der Waals surface area contributed by atoms with Crippen LogP contribution in [0.25, 0.3) is 22.2 Å². The lowest BCUT2D eigenvalue weighted by Crippen LogP contribution is -2.57. The average Bonchev–Trinajstić information content (AvgIpc) is 2.69. The van der Waals surface area contributed by atoms with E-state index in [1.54, 1.807) is 11.0 Å². The van der Waals surface area contributed by atoms with Crippen LogP contribution >= 0.6 is 0 Å². The first-order valence-electron chi connectivity index (χ1n) is 10.5. The van der Waals surface area contributed by atoms with Gasteiger partial charge in [-0.2, -0.15) is 0 Å². The van der Waals surface area contributed by atoms with Crippen molar-refractivity contribution >= 4 is 17.0 Å². The molecule has 0 N–H and O–H groups in total. The monoisotopic (exact) mass is 438 g/mol. The largest absolute Gasteiger partial charge is 0.494 e. The average molecular weight is 438 g/mol. The lowest BCUT2D eigenvalue weighted by atomic mass is 10.0. The smallest absolute Gasteiger partial charge is 0.410 e. The second kappa shape index (κ2) is 8.30. The van der Waals surface area contributed by atoms with Crippen molar-refractivity contribution in [1.29, 1.82) is 0 Å². The Bertz CT molecular complexity index is 1150. The zero-order chi connectivity index (χ0) is 23.0. The third-order valence-electron chi connectivity index (χ3n) is 5.24. The van der Waals surface area contributed by atoms with E-state index in [0.29, 0.717) is 18.6 Å². The quantitative estimate of drug-likeness (QED) is 0.549. The van der Waals surface area contributed by atoms with E-state index in [0.717, 1.165) is 28.0 Å². The van der Waals surface area contributed by atoms with E-state index in [1.165, 1.54) is 13.2 Å². The molecule has 1 aliphatic heterocycles. The van der Waals surface area contributed by atoms with Gasteiger partial charge >= 0.3 is 6.09 Å². The summed E-state index contributed by atoms with van der Waals surface area (Å²) < 4.78 is 30.5. The molecule has 2 heterocycles. The Morgan fingerprint density at radius 2 is 1.81 bits per heavy atom. The SMILES string of the molecule is COc1cc2nc(-c3ccc(OC4CN(C(=O)OC(C)(C)C)C4)cc3)cc(C)c2cc1F. The van der Waals surface area contributed by atoms with E-state index in [2.05, 4.69) is 4.98 Å². The Morgan fingerprint density at radius 3 is 2.44 bits per heavy atom. The second-order valence-corrected chi connectivity index (χ2v) is 8.98. The number of amides is 1. The molecule has 1 aliphatic rings. The first-order valence-corrected chi connectivity index (χ1v) is 10.5. The fourth-order valence-electron chi connectivity index (χ4n) is 3.59. The Hall–Kier alpha value is -3.35. The molecule has 7 heteroatoms. The number of hydrogen-bond acceptors (Lipinski definition) is 5. The van der Waals surface area contributed by atoms with Crippen LogP contribution in [0, 0.1) is 12.7 Å². The van der Waals surface area contributed by atoms with Gasteiger partial charge in [0.15, 0.2) is 11.6 Å². The van der Waals surface area contributed by atoms with Crippen LogP contribution in [0.3, 0.4) is 0 Å². The van der Waals surface area contributed by atoms with Gasteiger partial charge in [0.05, 0.1) is 31.4 Å². The van der Waals surface area contributed by atoms with Crippen molar-refractivity contribution < 1.29 is 23.4 Å². The summed E-state index contributed by atoms with van der Waals surface area (Å²) in [4.78, 5) is 18.3. The van der Waals surface area contributed by atoms with Crippen LogP contribution in [0.15, 0.2) is 42.5 Å². The predicted octanol–water partition coefficient (Wildman–Crippen LogP) is 5.36. The van der Waals surface area contributed by atoms with Gasteiger partial charge in [-0.15, -0.1) is 0 Å². The molecule has 1 aromatic heterocycles. The van der Waals surface area contributed by atoms with E-state index >= 15 is 0 Å². The topological polar surface area (TPSA) is 60.9 Å². The van der Waals surface area contributed by atoms with Crippen LogP contribution in [0.1, 0.15) is 26.3 Å². The summed E-state index contributed by atoms with van der Waals surface area (Å²) in [6.07, 6.45) is -0.376. The number of methoxy groups -OCH3 is 1. The van der Waals surface area contributed by atoms with Gasteiger partial charge in [-0.1, -0.05) is 0 Å². The van der Waals surface area contributed by atoms with E-state index in [1.807, 2.05) is 58.0 Å². The third kappa shape index (κ3) is 4.61. The number of carbonyl (C=O) groups excluding carboxylic acids is 1. The van der Waals surface area contributed by atoms with Crippen molar-refractivity contribution in [3.63, 3.8) is 0 Å². The molecule has 2 aromatic carbocycles. The van der Waals surface area contributed by atoms with Gasteiger partial charge in [-0.25, -0.2) is 14.2 Å². The highest BCUT2D eigenvalue weighted by molar-refractivity contribution is 5.86. The highest BCUT2D eigenvalue weighted by Gasteiger charge is 2.35. The van der Waals surface area contributed by atoms with Crippen molar-refractivity contribution in [3.8, 4) is 22.8 Å². The lowest BCUT2D eigenvalue weighted by Gasteiger charge is -2.39. The second-order valence-electron chi connectivity index (χ2n) is 8.98. The molecular formula is C25H27FN2O4. The van der Waals surface area contributed by atoms with Crippen molar-refractivity contribution in [1.82, 2.24) is 9.88 Å². The number of ether oxygens (including phenoxy) is 3. The number of pyridine rings is 1. The molecule has 0 saturated carbocycles. The fourth-order valence-corrected chi connectivity index (χ4v) is 3.59. The maximum absolute atomic E-state index is 14.1. The van der Waals surface area contributed by atoms with Crippen LogP contribution in [0.5, 0.6) is 11.5 Å². The summed E-state index contributed by atoms with van der Waals surface area (Å²) in [6.45, 7) is 8.48. The van der Waals surface area contributed by atoms with Gasteiger partial charge in [-0.3, -0.25) is 0 Å². The summed E-state index contributed by atoms with van der Waals surface area (Å²) in [5.41, 5.74) is 2.82. The minimum atomic E-state index is -0.507. The predicted molar refractivity (Wildman–Crippen MR) is 121 cm³/mol. The molecule has 0 spiro atoms. The van der Waals surface area contributed by atoms with Crippen molar-refractivity contribution in [3.05, 3.63) is 53.8 Å². The zero-order valence-corrected chi connectivity index (χ0v) is 18.9. The number of rotatable bonds is 4. The van der Waals surface area contributed by atoms with Crippen LogP contribution in [0.4, 0.5) is 9.18 Å². The van der Waals surface area contributed by atoms with E-state index in [4.69, 9.17) is 14.2 Å². The molecule has 1 fully saturated rings. The summed E-state index contributed by atoms with van der Waals surface area (Å²) in [5.74, 6) is 0.496. The standard InChI is InChI=1S/C25H27FN2O4/c1-15-10-21(27-22-12-23(30-5)20(26)11-19(15)22)16-6-8-17(9-7-16)31-18-13-28(14-18)24(29)32-25(2,3)4/h6-12,18H,13-14H2,1-5H3. The Balaban J connectivity index is 1.44. The van der Waals surface area contributed by atoms with Crippen LogP contribution in [-0.4, -0.2) is 47.9 Å². The molecule has 0 aliphatic carbocycles. The number of fused-ring (bicyclic) bond motifs is 1. The normalized spacial score (nSPS) is 14.2. The molecule has 32 heavy (non-hydrogen) atoms. The molecule has 0 atom stereocenters. The first-order chi connectivity index (χ1) is 15.1. The van der Waals surface area contributed by atoms with Gasteiger partial charge < -0.3 is 19.1 Å². The minimum Gasteiger partial charge on any atom is -0.494 e. The van der Waals surface area contributed by atoms with Crippen LogP contribution in [0.2, 0.25) is 0 Å². The summed E-state index contributed by atoms with van der Waals surface area (Å²) >= 11 is 0. The molecule has 0 radical (unpaired) electrons. The van der Waals surface area contributed by atoms with Gasteiger partial charge in [0.2, 0.25) is 0 Å². The fraction of sp³-hybridized carbons (Fsp3) is 0.360. The number of aromatic nitrogens is 1. The molecule has 168 valence electrons. The van der Waals surface area contributed by atoms with E-state index in [9.17, 15) is 9.18 Å². The Kier molecular flexibility index (Phi) is 5.67. The van der Waals surface area contributed by atoms with E-state index < -0.39 is 11.4 Å². The highest BCUT2D eigenvalue weighted by Crippen LogP contribution is 2.30. The number of hydrogen-bond donors (Lipinski definition) is 0. The van der Waals surface area contributed by atoms with Crippen molar-refractivity contribution in [2.45, 2.75) is 39.4 Å². The van der Waals surface area contributed by atoms with Crippen molar-refractivity contribution in [2.24, 2.45) is 0 Å².